The molecule has 230 valence electrons. The fraction of sp³-hybridized carbons (Fsp3) is 0.520. The Hall–Kier alpha value is -3.40. The smallest absolute Gasteiger partial charge is 0.459 e. The first-order valence-corrected chi connectivity index (χ1v) is 14.6. The molecule has 6 atom stereocenters. The number of alkyl halides is 1. The number of aromatic nitrogens is 4. The monoisotopic (exact) mass is 612 g/mol. The number of nitrogens with two attached hydrogens (primary N) is 1. The highest BCUT2D eigenvalue weighted by molar-refractivity contribution is 7.52. The number of anilines is 1. The number of hydrogen-bond donors (Lipinski definition) is 3. The number of hydrogen-bond acceptors (Lipinski definition) is 13. The van der Waals surface area contributed by atoms with E-state index in [0.29, 0.717) is 0 Å². The summed E-state index contributed by atoms with van der Waals surface area (Å²) in [5.41, 5.74) is 3.74. The molecule has 0 radical (unpaired) electrons. The maximum Gasteiger partial charge on any atom is 0.459 e. The number of fused-ring (bicyclic) bond motifs is 1. The van der Waals surface area contributed by atoms with Crippen molar-refractivity contribution in [3.05, 3.63) is 36.7 Å². The third-order valence-corrected chi connectivity index (χ3v) is 7.92. The standard InChI is InChI=1S/C25H34FN6O9P/c1-5-37-22(34)15(2)31-42(35,41-16-9-7-6-8-10-16)39-13-17-19(33)25(3,26)23(40-17)32-14-28-18-20(32)29-24(27)30-21(18)38-12-11-36-4/h6-10,14-15,17,19,23,33H,5,11-13H2,1-4H3,(H,31,35)(H2,27,29,30)/t15-,17+,19+,23+,25+,42?/m0/s1. The van der Waals surface area contributed by atoms with Crippen LogP contribution in [0.25, 0.3) is 11.2 Å². The third-order valence-electron chi connectivity index (χ3n) is 6.27. The lowest BCUT2D eigenvalue weighted by atomic mass is 9.98. The molecule has 0 amide bonds. The third kappa shape index (κ3) is 6.97. The first-order chi connectivity index (χ1) is 20.0. The van der Waals surface area contributed by atoms with Gasteiger partial charge in [-0.2, -0.15) is 15.1 Å². The Kier molecular flexibility index (Phi) is 9.97. The Morgan fingerprint density at radius 1 is 1.31 bits per heavy atom. The molecule has 0 aliphatic carbocycles. The van der Waals surface area contributed by atoms with E-state index in [1.54, 1.807) is 25.1 Å². The molecule has 1 fully saturated rings. The summed E-state index contributed by atoms with van der Waals surface area (Å²) in [6.45, 7) is 4.14. The van der Waals surface area contributed by atoms with Crippen LogP contribution in [0.15, 0.2) is 36.7 Å². The zero-order valence-electron chi connectivity index (χ0n) is 23.5. The van der Waals surface area contributed by atoms with Crippen LogP contribution in [0.1, 0.15) is 27.0 Å². The van der Waals surface area contributed by atoms with Crippen LogP contribution in [0, 0.1) is 0 Å². The van der Waals surface area contributed by atoms with Gasteiger partial charge in [0.15, 0.2) is 23.1 Å². The van der Waals surface area contributed by atoms with E-state index in [1.807, 2.05) is 0 Å². The summed E-state index contributed by atoms with van der Waals surface area (Å²) < 4.78 is 63.6. The zero-order chi connectivity index (χ0) is 30.5. The van der Waals surface area contributed by atoms with Gasteiger partial charge in [0, 0.05) is 7.11 Å². The molecule has 3 aromatic rings. The number of para-hydroxylation sites is 1. The average molecular weight is 613 g/mol. The van der Waals surface area contributed by atoms with Crippen molar-refractivity contribution in [3.63, 3.8) is 0 Å². The number of methoxy groups -OCH3 is 1. The van der Waals surface area contributed by atoms with Crippen molar-refractivity contribution in [1.82, 2.24) is 24.6 Å². The number of aliphatic hydroxyl groups is 1. The van der Waals surface area contributed by atoms with Crippen molar-refractivity contribution < 1.29 is 46.9 Å². The number of carbonyl (C=O) groups excluding carboxylic acids is 1. The van der Waals surface area contributed by atoms with Gasteiger partial charge in [-0.15, -0.1) is 0 Å². The number of nitrogens with zero attached hydrogens (tertiary/aromatic N) is 4. The SMILES string of the molecule is CCOC(=O)[C@H](C)NP(=O)(OC[C@H]1O[C@@H](n2cnc3c(OCCOC)nc(N)nc32)[C@](C)(F)[C@@H]1O)Oc1ccccc1. The number of aliphatic hydroxyl groups excluding tert-OH is 1. The lowest BCUT2D eigenvalue weighted by Gasteiger charge is -2.25. The fourth-order valence-corrected chi connectivity index (χ4v) is 5.69. The Morgan fingerprint density at radius 3 is 2.74 bits per heavy atom. The molecule has 4 N–H and O–H groups in total. The molecular formula is C25H34FN6O9P. The summed E-state index contributed by atoms with van der Waals surface area (Å²) >= 11 is 0. The number of halogens is 1. The van der Waals surface area contributed by atoms with Crippen molar-refractivity contribution in [2.24, 2.45) is 0 Å². The first kappa shape index (κ1) is 31.5. The Bertz CT molecular complexity index is 1410. The van der Waals surface area contributed by atoms with Crippen LogP contribution >= 0.6 is 7.75 Å². The van der Waals surface area contributed by atoms with Gasteiger partial charge in [-0.1, -0.05) is 18.2 Å². The van der Waals surface area contributed by atoms with Gasteiger partial charge in [0.1, 0.15) is 30.6 Å². The molecule has 1 aliphatic heterocycles. The summed E-state index contributed by atoms with van der Waals surface area (Å²) in [5.74, 6) is -0.606. The van der Waals surface area contributed by atoms with Crippen LogP contribution in [-0.2, 0) is 28.1 Å². The normalized spacial score (nSPS) is 24.3. The van der Waals surface area contributed by atoms with Crippen LogP contribution in [0.3, 0.4) is 0 Å². The van der Waals surface area contributed by atoms with Crippen LogP contribution in [-0.4, -0.2) is 88.1 Å². The van der Waals surface area contributed by atoms with Crippen LogP contribution in [0.2, 0.25) is 0 Å². The summed E-state index contributed by atoms with van der Waals surface area (Å²) in [6, 6.07) is 7.01. The lowest BCUT2D eigenvalue weighted by molar-refractivity contribution is -0.144. The molecule has 1 unspecified atom stereocenters. The number of esters is 1. The van der Waals surface area contributed by atoms with Crippen molar-refractivity contribution in [3.8, 4) is 11.6 Å². The molecule has 0 saturated carbocycles. The molecule has 0 bridgehead atoms. The summed E-state index contributed by atoms with van der Waals surface area (Å²) in [4.78, 5) is 24.6. The van der Waals surface area contributed by atoms with Gasteiger partial charge in [-0.05, 0) is 32.9 Å². The molecule has 0 spiro atoms. The quantitative estimate of drug-likeness (QED) is 0.136. The molecule has 1 saturated heterocycles. The Balaban J connectivity index is 1.56. The number of ether oxygens (including phenoxy) is 4. The predicted molar refractivity (Wildman–Crippen MR) is 146 cm³/mol. The average Bonchev–Trinajstić information content (AvgIpc) is 3.45. The van der Waals surface area contributed by atoms with Gasteiger partial charge in [-0.3, -0.25) is 13.9 Å². The summed E-state index contributed by atoms with van der Waals surface area (Å²) in [6.07, 6.45) is -3.27. The van der Waals surface area contributed by atoms with E-state index in [0.717, 1.165) is 6.92 Å². The van der Waals surface area contributed by atoms with Crippen molar-refractivity contribution in [2.45, 2.75) is 50.9 Å². The van der Waals surface area contributed by atoms with E-state index in [2.05, 4.69) is 20.0 Å². The van der Waals surface area contributed by atoms with Crippen molar-refractivity contribution in [1.29, 1.82) is 0 Å². The molecular weight excluding hydrogens is 578 g/mol. The maximum atomic E-state index is 16.0. The number of nitrogens with one attached hydrogen (secondary N) is 1. The van der Waals surface area contributed by atoms with Gasteiger partial charge in [0.25, 0.3) is 0 Å². The minimum absolute atomic E-state index is 0.0630. The van der Waals surface area contributed by atoms with E-state index in [-0.39, 0.29) is 48.6 Å². The number of benzene rings is 1. The summed E-state index contributed by atoms with van der Waals surface area (Å²) in [7, 11) is -2.78. The number of imidazole rings is 1. The van der Waals surface area contributed by atoms with Gasteiger partial charge < -0.3 is 34.3 Å². The van der Waals surface area contributed by atoms with Crippen LogP contribution in [0.5, 0.6) is 11.6 Å². The van der Waals surface area contributed by atoms with Crippen LogP contribution < -0.4 is 20.1 Å². The molecule has 15 nitrogen and oxygen atoms in total. The summed E-state index contributed by atoms with van der Waals surface area (Å²) in [5, 5.41) is 13.4. The minimum Gasteiger partial charge on any atom is -0.474 e. The molecule has 1 aromatic carbocycles. The van der Waals surface area contributed by atoms with Crippen molar-refractivity contribution >= 4 is 30.8 Å². The molecule has 42 heavy (non-hydrogen) atoms. The van der Waals surface area contributed by atoms with Gasteiger partial charge in [0.05, 0.1) is 26.1 Å². The first-order valence-electron chi connectivity index (χ1n) is 13.1. The molecule has 3 heterocycles. The van der Waals surface area contributed by atoms with Gasteiger partial charge in [-0.25, -0.2) is 13.9 Å². The van der Waals surface area contributed by atoms with E-state index < -0.39 is 50.5 Å². The topological polar surface area (TPSA) is 191 Å². The second kappa shape index (κ2) is 13.3. The maximum absolute atomic E-state index is 16.0. The fourth-order valence-electron chi connectivity index (χ4n) is 4.19. The van der Waals surface area contributed by atoms with Gasteiger partial charge in [0.2, 0.25) is 11.8 Å². The number of carbonyl (C=O) groups is 1. The Labute approximate surface area is 241 Å². The van der Waals surface area contributed by atoms with E-state index >= 15 is 4.39 Å². The number of rotatable bonds is 14. The second-order valence-corrected chi connectivity index (χ2v) is 11.2. The zero-order valence-corrected chi connectivity index (χ0v) is 24.4. The molecule has 17 heteroatoms. The highest BCUT2D eigenvalue weighted by atomic mass is 31.2. The lowest BCUT2D eigenvalue weighted by Crippen LogP contribution is -2.41. The second-order valence-electron chi connectivity index (χ2n) is 9.48. The van der Waals surface area contributed by atoms with Gasteiger partial charge >= 0.3 is 13.7 Å². The highest BCUT2D eigenvalue weighted by Gasteiger charge is 2.56. The Morgan fingerprint density at radius 2 is 2.05 bits per heavy atom. The van der Waals surface area contributed by atoms with Crippen LogP contribution in [0.4, 0.5) is 10.3 Å². The van der Waals surface area contributed by atoms with Crippen molar-refractivity contribution in [2.75, 3.05) is 39.3 Å². The number of nitrogen functional groups attached to an aromatic ring is 1. The molecule has 1 aliphatic rings. The molecule has 4 rings (SSSR count). The minimum atomic E-state index is -4.29. The van der Waals surface area contributed by atoms with E-state index in [9.17, 15) is 14.5 Å². The van der Waals surface area contributed by atoms with E-state index in [4.69, 9.17) is 33.7 Å². The highest BCUT2D eigenvalue weighted by Crippen LogP contribution is 2.48. The predicted octanol–water partition coefficient (Wildman–Crippen LogP) is 2.17. The molecule has 2 aromatic heterocycles. The largest absolute Gasteiger partial charge is 0.474 e. The van der Waals surface area contributed by atoms with E-state index in [1.165, 1.54) is 37.1 Å².